The molecule has 0 unspecified atom stereocenters. The molecule has 1 aromatic carbocycles. The smallest absolute Gasteiger partial charge is 0.336 e. The highest BCUT2D eigenvalue weighted by Crippen LogP contribution is 2.20. The highest BCUT2D eigenvalue weighted by Gasteiger charge is 2.10. The molecule has 5 heteroatoms. The first kappa shape index (κ1) is 12.7. The molecular formula is C13H14N2O2S. The average molecular weight is 262 g/mol. The van der Waals surface area contributed by atoms with E-state index in [1.807, 2.05) is 24.5 Å². The number of rotatable bonds is 5. The summed E-state index contributed by atoms with van der Waals surface area (Å²) in [6.45, 7) is 0.769. The number of aromatic carboxylic acids is 1. The maximum absolute atomic E-state index is 11.2. The van der Waals surface area contributed by atoms with E-state index in [4.69, 9.17) is 0 Å². The number of nitrogens with one attached hydrogen (secondary N) is 1. The van der Waals surface area contributed by atoms with E-state index in [0.29, 0.717) is 16.7 Å². The van der Waals surface area contributed by atoms with E-state index in [-0.39, 0.29) is 5.56 Å². The molecule has 0 aliphatic heterocycles. The molecule has 0 amide bonds. The minimum absolute atomic E-state index is 0.284. The molecule has 94 valence electrons. The molecule has 2 rings (SSSR count). The predicted molar refractivity (Wildman–Crippen MR) is 75.6 cm³/mol. The molecule has 1 aromatic heterocycles. The van der Waals surface area contributed by atoms with Gasteiger partial charge >= 0.3 is 5.97 Å². The molecule has 0 saturated carbocycles. The van der Waals surface area contributed by atoms with E-state index in [2.05, 4.69) is 10.3 Å². The number of para-hydroxylation sites is 1. The van der Waals surface area contributed by atoms with Crippen LogP contribution in [0.3, 0.4) is 0 Å². The Labute approximate surface area is 109 Å². The number of hydrogen-bond donors (Lipinski definition) is 2. The number of pyridine rings is 1. The fraction of sp³-hybridized carbons (Fsp3) is 0.231. The number of benzene rings is 1. The molecular weight excluding hydrogens is 248 g/mol. The Bertz CT molecular complexity index is 572. The second-order valence-electron chi connectivity index (χ2n) is 3.80. The molecule has 0 aliphatic rings. The molecule has 4 nitrogen and oxygen atoms in total. The number of fused-ring (bicyclic) bond motifs is 1. The Kier molecular flexibility index (Phi) is 4.04. The van der Waals surface area contributed by atoms with Crippen LogP contribution >= 0.6 is 11.8 Å². The van der Waals surface area contributed by atoms with Crippen molar-refractivity contribution < 1.29 is 9.90 Å². The van der Waals surface area contributed by atoms with Crippen LogP contribution in [0.4, 0.5) is 5.82 Å². The topological polar surface area (TPSA) is 62.2 Å². The van der Waals surface area contributed by atoms with Crippen molar-refractivity contribution in [3.63, 3.8) is 0 Å². The van der Waals surface area contributed by atoms with Gasteiger partial charge in [0.1, 0.15) is 5.82 Å². The quantitative estimate of drug-likeness (QED) is 0.811. The second kappa shape index (κ2) is 5.73. The van der Waals surface area contributed by atoms with Gasteiger partial charge in [0.2, 0.25) is 0 Å². The van der Waals surface area contributed by atoms with E-state index in [9.17, 15) is 9.90 Å². The van der Waals surface area contributed by atoms with Gasteiger partial charge in [-0.3, -0.25) is 0 Å². The minimum atomic E-state index is -0.929. The summed E-state index contributed by atoms with van der Waals surface area (Å²) >= 11 is 1.73. The fourth-order valence-electron chi connectivity index (χ4n) is 1.72. The van der Waals surface area contributed by atoms with Crippen molar-refractivity contribution in [3.8, 4) is 0 Å². The summed E-state index contributed by atoms with van der Waals surface area (Å²) in [6, 6.07) is 8.86. The van der Waals surface area contributed by atoms with Crippen LogP contribution in [0.15, 0.2) is 30.3 Å². The number of thioether (sulfide) groups is 1. The SMILES string of the molecule is CSCCNc1cc(C(=O)O)c2ccccc2n1. The van der Waals surface area contributed by atoms with Gasteiger partial charge in [0.05, 0.1) is 11.1 Å². The highest BCUT2D eigenvalue weighted by molar-refractivity contribution is 7.98. The first-order valence-electron chi connectivity index (χ1n) is 5.58. The molecule has 0 saturated heterocycles. The maximum Gasteiger partial charge on any atom is 0.336 e. The molecule has 1 heterocycles. The van der Waals surface area contributed by atoms with E-state index < -0.39 is 5.97 Å². The molecule has 2 N–H and O–H groups in total. The monoisotopic (exact) mass is 262 g/mol. The van der Waals surface area contributed by atoms with Crippen LogP contribution in [-0.4, -0.2) is 34.6 Å². The highest BCUT2D eigenvalue weighted by atomic mass is 32.2. The van der Waals surface area contributed by atoms with Gasteiger partial charge in [0.25, 0.3) is 0 Å². The lowest BCUT2D eigenvalue weighted by molar-refractivity contribution is 0.0699. The Hall–Kier alpha value is -1.75. The summed E-state index contributed by atoms with van der Waals surface area (Å²) in [7, 11) is 0. The maximum atomic E-state index is 11.2. The number of hydrogen-bond acceptors (Lipinski definition) is 4. The van der Waals surface area contributed by atoms with Gasteiger partial charge in [-0.1, -0.05) is 18.2 Å². The lowest BCUT2D eigenvalue weighted by Crippen LogP contribution is -2.07. The van der Waals surface area contributed by atoms with Crippen LogP contribution < -0.4 is 5.32 Å². The number of nitrogens with zero attached hydrogens (tertiary/aromatic N) is 1. The van der Waals surface area contributed by atoms with Crippen LogP contribution in [0.1, 0.15) is 10.4 Å². The van der Waals surface area contributed by atoms with Crippen LogP contribution in [0.2, 0.25) is 0 Å². The lowest BCUT2D eigenvalue weighted by Gasteiger charge is -2.08. The van der Waals surface area contributed by atoms with Crippen LogP contribution in [0.5, 0.6) is 0 Å². The first-order chi connectivity index (χ1) is 8.72. The summed E-state index contributed by atoms with van der Waals surface area (Å²) in [5.41, 5.74) is 0.983. The Morgan fingerprint density at radius 3 is 2.94 bits per heavy atom. The molecule has 18 heavy (non-hydrogen) atoms. The van der Waals surface area contributed by atoms with Crippen molar-refractivity contribution in [1.82, 2.24) is 4.98 Å². The number of aromatic nitrogens is 1. The van der Waals surface area contributed by atoms with E-state index in [1.165, 1.54) is 0 Å². The fourth-order valence-corrected chi connectivity index (χ4v) is 2.03. The summed E-state index contributed by atoms with van der Waals surface area (Å²) in [5, 5.41) is 13.0. The average Bonchev–Trinajstić information content (AvgIpc) is 2.38. The standard InChI is InChI=1S/C13H14N2O2S/c1-18-7-6-14-12-8-10(13(16)17)9-4-2-3-5-11(9)15-12/h2-5,8H,6-7H2,1H3,(H,14,15)(H,16,17). The normalized spacial score (nSPS) is 10.5. The van der Waals surface area contributed by atoms with Crippen LogP contribution in [-0.2, 0) is 0 Å². The van der Waals surface area contributed by atoms with E-state index in [1.54, 1.807) is 23.9 Å². The predicted octanol–water partition coefficient (Wildman–Crippen LogP) is 2.71. The number of carbonyl (C=O) groups is 1. The van der Waals surface area contributed by atoms with Crippen molar-refractivity contribution in [2.75, 3.05) is 23.9 Å². The zero-order valence-corrected chi connectivity index (χ0v) is 10.8. The van der Waals surface area contributed by atoms with Gasteiger partial charge in [0.15, 0.2) is 0 Å². The van der Waals surface area contributed by atoms with Gasteiger partial charge in [-0.25, -0.2) is 9.78 Å². The molecule has 0 radical (unpaired) electrons. The van der Waals surface area contributed by atoms with E-state index in [0.717, 1.165) is 12.3 Å². The number of carboxylic acids is 1. The third kappa shape index (κ3) is 2.73. The zero-order valence-electron chi connectivity index (χ0n) is 10.0. The van der Waals surface area contributed by atoms with E-state index >= 15 is 0 Å². The first-order valence-corrected chi connectivity index (χ1v) is 6.97. The number of carboxylic acid groups (broad SMARTS) is 1. The summed E-state index contributed by atoms with van der Waals surface area (Å²) in [6.07, 6.45) is 2.03. The van der Waals surface area contributed by atoms with Crippen molar-refractivity contribution >= 4 is 34.5 Å². The largest absolute Gasteiger partial charge is 0.478 e. The van der Waals surface area contributed by atoms with Crippen molar-refractivity contribution in [2.24, 2.45) is 0 Å². The molecule has 0 aliphatic carbocycles. The minimum Gasteiger partial charge on any atom is -0.478 e. The van der Waals surface area contributed by atoms with Gasteiger partial charge in [-0.2, -0.15) is 11.8 Å². The van der Waals surface area contributed by atoms with Gasteiger partial charge < -0.3 is 10.4 Å². The Morgan fingerprint density at radius 2 is 2.22 bits per heavy atom. The van der Waals surface area contributed by atoms with Crippen LogP contribution in [0.25, 0.3) is 10.9 Å². The van der Waals surface area contributed by atoms with Gasteiger partial charge in [-0.15, -0.1) is 0 Å². The van der Waals surface area contributed by atoms with Crippen LogP contribution in [0, 0.1) is 0 Å². The summed E-state index contributed by atoms with van der Waals surface area (Å²) in [4.78, 5) is 15.6. The molecule has 2 aromatic rings. The molecule has 0 atom stereocenters. The third-order valence-electron chi connectivity index (χ3n) is 2.56. The molecule has 0 fully saturated rings. The zero-order chi connectivity index (χ0) is 13.0. The molecule has 0 bridgehead atoms. The summed E-state index contributed by atoms with van der Waals surface area (Å²) < 4.78 is 0. The lowest BCUT2D eigenvalue weighted by atomic mass is 10.1. The molecule has 0 spiro atoms. The Balaban J connectivity index is 2.41. The van der Waals surface area contributed by atoms with Gasteiger partial charge in [0, 0.05) is 17.7 Å². The Morgan fingerprint density at radius 1 is 1.44 bits per heavy atom. The summed E-state index contributed by atoms with van der Waals surface area (Å²) in [5.74, 6) is 0.637. The third-order valence-corrected chi connectivity index (χ3v) is 3.17. The van der Waals surface area contributed by atoms with Crippen molar-refractivity contribution in [1.29, 1.82) is 0 Å². The van der Waals surface area contributed by atoms with Crippen molar-refractivity contribution in [2.45, 2.75) is 0 Å². The van der Waals surface area contributed by atoms with Gasteiger partial charge in [-0.05, 0) is 18.4 Å². The second-order valence-corrected chi connectivity index (χ2v) is 4.78. The van der Waals surface area contributed by atoms with Crippen molar-refractivity contribution in [3.05, 3.63) is 35.9 Å². The number of anilines is 1.